The molecule has 0 aliphatic heterocycles. The van der Waals surface area contributed by atoms with Crippen molar-refractivity contribution in [1.82, 2.24) is 0 Å². The molecule has 0 saturated carbocycles. The fourth-order valence-corrected chi connectivity index (χ4v) is 1.27. The monoisotopic (exact) mass is 218 g/mol. The van der Waals surface area contributed by atoms with E-state index in [1.807, 2.05) is 0 Å². The van der Waals surface area contributed by atoms with Crippen LogP contribution in [0.1, 0.15) is 5.56 Å². The van der Waals surface area contributed by atoms with Crippen molar-refractivity contribution in [2.75, 3.05) is 7.11 Å². The molecule has 0 aromatic heterocycles. The number of aldehydes is 1. The highest BCUT2D eigenvalue weighted by Gasteiger charge is 2.57. The van der Waals surface area contributed by atoms with Gasteiger partial charge in [-0.05, 0) is 0 Å². The largest absolute Gasteiger partial charge is 0.428 e. The summed E-state index contributed by atoms with van der Waals surface area (Å²) in [6, 6.07) is 6.79. The number of rotatable bonds is 3. The van der Waals surface area contributed by atoms with Crippen molar-refractivity contribution in [1.29, 1.82) is 0 Å². The Hall–Kier alpha value is -1.36. The number of ether oxygens (including phenoxy) is 1. The van der Waals surface area contributed by atoms with Crippen LogP contribution in [0.25, 0.3) is 0 Å². The van der Waals surface area contributed by atoms with Crippen LogP contribution in [0.5, 0.6) is 0 Å². The van der Waals surface area contributed by atoms with Gasteiger partial charge in [0.1, 0.15) is 0 Å². The molecule has 1 aromatic carbocycles. The molecule has 0 aliphatic rings. The third kappa shape index (κ3) is 1.87. The summed E-state index contributed by atoms with van der Waals surface area (Å²) in [4.78, 5) is 10.7. The molecule has 0 fully saturated rings. The lowest BCUT2D eigenvalue weighted by molar-refractivity contribution is -0.258. The van der Waals surface area contributed by atoms with Crippen molar-refractivity contribution < 1.29 is 22.7 Å². The van der Waals surface area contributed by atoms with Gasteiger partial charge in [-0.25, -0.2) is 0 Å². The van der Waals surface area contributed by atoms with Crippen LogP contribution in [0.2, 0.25) is 0 Å². The van der Waals surface area contributed by atoms with Gasteiger partial charge >= 0.3 is 6.18 Å². The second kappa shape index (κ2) is 4.02. The number of methoxy groups -OCH3 is 1. The Kier molecular flexibility index (Phi) is 3.14. The highest BCUT2D eigenvalue weighted by atomic mass is 19.4. The number of carbonyl (C=O) groups excluding carboxylic acids is 1. The first-order valence-electron chi connectivity index (χ1n) is 4.11. The molecule has 0 bridgehead atoms. The van der Waals surface area contributed by atoms with E-state index in [4.69, 9.17) is 0 Å². The number of benzene rings is 1. The number of alkyl halides is 3. The molecule has 2 nitrogen and oxygen atoms in total. The van der Waals surface area contributed by atoms with Crippen LogP contribution >= 0.6 is 0 Å². The Morgan fingerprint density at radius 2 is 1.73 bits per heavy atom. The fourth-order valence-electron chi connectivity index (χ4n) is 1.27. The van der Waals surface area contributed by atoms with E-state index in [-0.39, 0.29) is 11.8 Å². The molecule has 1 unspecified atom stereocenters. The molecule has 82 valence electrons. The van der Waals surface area contributed by atoms with Crippen LogP contribution in [-0.4, -0.2) is 19.6 Å². The molecule has 0 spiro atoms. The van der Waals surface area contributed by atoms with Gasteiger partial charge in [-0.15, -0.1) is 0 Å². The van der Waals surface area contributed by atoms with Crippen molar-refractivity contribution in [2.45, 2.75) is 11.8 Å². The molecule has 1 atom stereocenters. The first-order chi connectivity index (χ1) is 6.98. The molecular formula is C10H9F3O2. The minimum Gasteiger partial charge on any atom is -0.358 e. The lowest BCUT2D eigenvalue weighted by Gasteiger charge is -2.29. The fraction of sp³-hybridized carbons (Fsp3) is 0.300. The van der Waals surface area contributed by atoms with Crippen molar-refractivity contribution in [2.24, 2.45) is 0 Å². The topological polar surface area (TPSA) is 26.3 Å². The molecule has 0 heterocycles. The summed E-state index contributed by atoms with van der Waals surface area (Å²) in [5.74, 6) is 0. The summed E-state index contributed by atoms with van der Waals surface area (Å²) < 4.78 is 42.5. The molecule has 0 radical (unpaired) electrons. The smallest absolute Gasteiger partial charge is 0.358 e. The van der Waals surface area contributed by atoms with E-state index >= 15 is 0 Å². The molecule has 15 heavy (non-hydrogen) atoms. The number of halogens is 3. The summed E-state index contributed by atoms with van der Waals surface area (Å²) in [5, 5.41) is 0. The summed E-state index contributed by atoms with van der Waals surface area (Å²) in [5.41, 5.74) is -3.09. The zero-order chi connectivity index (χ0) is 11.5. The lowest BCUT2D eigenvalue weighted by atomic mass is 9.94. The maximum absolute atomic E-state index is 12.7. The van der Waals surface area contributed by atoms with Gasteiger partial charge in [0.2, 0.25) is 5.60 Å². The molecule has 1 aromatic rings. The predicted molar refractivity (Wildman–Crippen MR) is 47.2 cm³/mol. The van der Waals surface area contributed by atoms with Gasteiger partial charge in [-0.1, -0.05) is 30.3 Å². The van der Waals surface area contributed by atoms with E-state index < -0.39 is 11.8 Å². The van der Waals surface area contributed by atoms with E-state index in [0.717, 1.165) is 7.11 Å². The average molecular weight is 218 g/mol. The maximum Gasteiger partial charge on any atom is 0.428 e. The van der Waals surface area contributed by atoms with Gasteiger partial charge in [0.25, 0.3) is 0 Å². The maximum atomic E-state index is 12.7. The number of carbonyl (C=O) groups is 1. The molecule has 1 rings (SSSR count). The summed E-state index contributed by atoms with van der Waals surface area (Å²) in [6.07, 6.45) is -5.01. The average Bonchev–Trinajstić information content (AvgIpc) is 2.20. The molecule has 0 aliphatic carbocycles. The van der Waals surface area contributed by atoms with E-state index in [0.29, 0.717) is 0 Å². The zero-order valence-corrected chi connectivity index (χ0v) is 7.91. The predicted octanol–water partition coefficient (Wildman–Crippen LogP) is 2.29. The Labute approximate surface area is 84.7 Å². The Morgan fingerprint density at radius 1 is 1.20 bits per heavy atom. The third-order valence-corrected chi connectivity index (χ3v) is 2.11. The Morgan fingerprint density at radius 3 is 2.07 bits per heavy atom. The highest BCUT2D eigenvalue weighted by Crippen LogP contribution is 2.39. The highest BCUT2D eigenvalue weighted by molar-refractivity contribution is 5.67. The Bertz CT molecular complexity index is 334. The van der Waals surface area contributed by atoms with Crippen LogP contribution in [0.4, 0.5) is 13.2 Å². The van der Waals surface area contributed by atoms with Crippen LogP contribution in [0.15, 0.2) is 30.3 Å². The summed E-state index contributed by atoms with van der Waals surface area (Å²) in [6.45, 7) is 0. The molecule has 5 heteroatoms. The lowest BCUT2D eigenvalue weighted by Crippen LogP contribution is -2.45. The minimum atomic E-state index is -4.77. The van der Waals surface area contributed by atoms with Gasteiger partial charge in [0, 0.05) is 12.7 Å². The zero-order valence-electron chi connectivity index (χ0n) is 7.91. The summed E-state index contributed by atoms with van der Waals surface area (Å²) in [7, 11) is 0.856. The molecule has 0 N–H and O–H groups in total. The van der Waals surface area contributed by atoms with Gasteiger partial charge in [-0.2, -0.15) is 13.2 Å². The molecular weight excluding hydrogens is 209 g/mol. The normalized spacial score (nSPS) is 15.7. The van der Waals surface area contributed by atoms with E-state index in [2.05, 4.69) is 4.74 Å². The standard InChI is InChI=1S/C10H9F3O2/c1-15-9(7-14,10(11,12)13)8-5-3-2-4-6-8/h2-7H,1H3. The second-order valence-electron chi connectivity index (χ2n) is 2.92. The SMILES string of the molecule is COC(C=O)(c1ccccc1)C(F)(F)F. The van der Waals surface area contributed by atoms with Crippen molar-refractivity contribution in [3.05, 3.63) is 35.9 Å². The first-order valence-corrected chi connectivity index (χ1v) is 4.11. The van der Waals surface area contributed by atoms with Crippen LogP contribution in [0.3, 0.4) is 0 Å². The van der Waals surface area contributed by atoms with Gasteiger partial charge in [-0.3, -0.25) is 4.79 Å². The van der Waals surface area contributed by atoms with Crippen molar-refractivity contribution in [3.63, 3.8) is 0 Å². The van der Waals surface area contributed by atoms with Crippen molar-refractivity contribution in [3.8, 4) is 0 Å². The number of hydrogen-bond acceptors (Lipinski definition) is 2. The van der Waals surface area contributed by atoms with E-state index in [1.165, 1.54) is 24.3 Å². The first kappa shape index (κ1) is 11.7. The van der Waals surface area contributed by atoms with Gasteiger partial charge in [0.15, 0.2) is 6.29 Å². The minimum absolute atomic E-state index is 0.227. The van der Waals surface area contributed by atoms with Crippen LogP contribution < -0.4 is 0 Å². The van der Waals surface area contributed by atoms with E-state index in [9.17, 15) is 18.0 Å². The molecule has 0 saturated heterocycles. The summed E-state index contributed by atoms with van der Waals surface area (Å²) >= 11 is 0. The molecule has 0 amide bonds. The van der Waals surface area contributed by atoms with E-state index in [1.54, 1.807) is 6.07 Å². The van der Waals surface area contributed by atoms with Crippen molar-refractivity contribution >= 4 is 6.29 Å². The third-order valence-electron chi connectivity index (χ3n) is 2.11. The Balaban J connectivity index is 3.30. The van der Waals surface area contributed by atoms with Gasteiger partial charge < -0.3 is 4.74 Å². The quantitative estimate of drug-likeness (QED) is 0.727. The second-order valence-corrected chi connectivity index (χ2v) is 2.92. The van der Waals surface area contributed by atoms with Crippen LogP contribution in [0, 0.1) is 0 Å². The van der Waals surface area contributed by atoms with Crippen LogP contribution in [-0.2, 0) is 15.1 Å². The number of hydrogen-bond donors (Lipinski definition) is 0. The van der Waals surface area contributed by atoms with Gasteiger partial charge in [0.05, 0.1) is 0 Å².